The van der Waals surface area contributed by atoms with Crippen LogP contribution in [0.15, 0.2) is 53.4 Å². The smallest absolute Gasteiger partial charge is 0.133 e. The van der Waals surface area contributed by atoms with E-state index in [1.54, 1.807) is 17.8 Å². The first-order valence-electron chi connectivity index (χ1n) is 6.60. The molecule has 1 heterocycles. The SMILES string of the molecule is CNC(c1ccccc1F)C1CSc2ccccc2O1. The van der Waals surface area contributed by atoms with E-state index in [2.05, 4.69) is 5.32 Å². The van der Waals surface area contributed by atoms with Gasteiger partial charge in [0.15, 0.2) is 0 Å². The molecule has 3 rings (SSSR count). The van der Waals surface area contributed by atoms with Crippen LogP contribution in [-0.2, 0) is 0 Å². The summed E-state index contributed by atoms with van der Waals surface area (Å²) in [7, 11) is 1.84. The summed E-state index contributed by atoms with van der Waals surface area (Å²) in [5, 5.41) is 3.18. The number of hydrogen-bond acceptors (Lipinski definition) is 3. The van der Waals surface area contributed by atoms with Crippen molar-refractivity contribution in [3.63, 3.8) is 0 Å². The molecule has 0 bridgehead atoms. The van der Waals surface area contributed by atoms with Crippen LogP contribution in [0.1, 0.15) is 11.6 Å². The molecule has 104 valence electrons. The zero-order valence-electron chi connectivity index (χ0n) is 11.2. The van der Waals surface area contributed by atoms with Gasteiger partial charge < -0.3 is 10.1 Å². The van der Waals surface area contributed by atoms with E-state index in [1.165, 1.54) is 6.07 Å². The molecule has 2 aromatic carbocycles. The van der Waals surface area contributed by atoms with Crippen molar-refractivity contribution in [2.45, 2.75) is 17.0 Å². The number of rotatable bonds is 3. The Morgan fingerprint density at radius 2 is 1.95 bits per heavy atom. The van der Waals surface area contributed by atoms with E-state index in [9.17, 15) is 4.39 Å². The second-order valence-corrected chi connectivity index (χ2v) is 5.76. The number of fused-ring (bicyclic) bond motifs is 1. The number of thioether (sulfide) groups is 1. The third-order valence-corrected chi connectivity index (χ3v) is 4.60. The van der Waals surface area contributed by atoms with Gasteiger partial charge in [0.2, 0.25) is 0 Å². The lowest BCUT2D eigenvalue weighted by atomic mass is 10.0. The molecule has 4 heteroatoms. The van der Waals surface area contributed by atoms with Gasteiger partial charge >= 0.3 is 0 Å². The van der Waals surface area contributed by atoms with Crippen LogP contribution in [0.25, 0.3) is 0 Å². The summed E-state index contributed by atoms with van der Waals surface area (Å²) in [6, 6.07) is 14.7. The molecular weight excluding hydrogens is 273 g/mol. The van der Waals surface area contributed by atoms with E-state index in [4.69, 9.17) is 4.74 Å². The summed E-state index contributed by atoms with van der Waals surface area (Å²) in [6.07, 6.45) is -0.0863. The van der Waals surface area contributed by atoms with Gasteiger partial charge in [-0.15, -0.1) is 11.8 Å². The van der Waals surface area contributed by atoms with Crippen molar-refractivity contribution in [1.82, 2.24) is 5.32 Å². The first-order chi connectivity index (χ1) is 9.79. The van der Waals surface area contributed by atoms with Gasteiger partial charge in [-0.05, 0) is 25.2 Å². The van der Waals surface area contributed by atoms with Crippen molar-refractivity contribution >= 4 is 11.8 Å². The van der Waals surface area contributed by atoms with Crippen molar-refractivity contribution in [2.75, 3.05) is 12.8 Å². The highest BCUT2D eigenvalue weighted by atomic mass is 32.2. The van der Waals surface area contributed by atoms with E-state index in [-0.39, 0.29) is 18.0 Å². The van der Waals surface area contributed by atoms with Crippen LogP contribution < -0.4 is 10.1 Å². The molecule has 1 aliphatic heterocycles. The molecule has 2 unspecified atom stereocenters. The topological polar surface area (TPSA) is 21.3 Å². The number of ether oxygens (including phenoxy) is 1. The van der Waals surface area contributed by atoms with E-state index in [0.29, 0.717) is 5.56 Å². The van der Waals surface area contributed by atoms with Crippen LogP contribution in [0, 0.1) is 5.82 Å². The fraction of sp³-hybridized carbons (Fsp3) is 0.250. The zero-order chi connectivity index (χ0) is 13.9. The van der Waals surface area contributed by atoms with Crippen molar-refractivity contribution < 1.29 is 9.13 Å². The summed E-state index contributed by atoms with van der Waals surface area (Å²) in [5.74, 6) is 1.49. The highest BCUT2D eigenvalue weighted by molar-refractivity contribution is 7.99. The Hall–Kier alpha value is -1.52. The Morgan fingerprint density at radius 3 is 2.75 bits per heavy atom. The normalized spacial score (nSPS) is 19.0. The zero-order valence-corrected chi connectivity index (χ0v) is 12.0. The second-order valence-electron chi connectivity index (χ2n) is 4.70. The predicted octanol–water partition coefficient (Wildman–Crippen LogP) is 3.64. The molecule has 0 saturated heterocycles. The molecule has 0 radical (unpaired) electrons. The van der Waals surface area contributed by atoms with E-state index >= 15 is 0 Å². The van der Waals surface area contributed by atoms with Gasteiger partial charge in [0.1, 0.15) is 17.7 Å². The molecule has 1 N–H and O–H groups in total. The summed E-state index contributed by atoms with van der Waals surface area (Å²) in [5.41, 5.74) is 0.653. The molecule has 0 spiro atoms. The molecule has 2 atom stereocenters. The molecule has 0 aromatic heterocycles. The van der Waals surface area contributed by atoms with E-state index < -0.39 is 0 Å². The first-order valence-corrected chi connectivity index (χ1v) is 7.58. The van der Waals surface area contributed by atoms with E-state index in [0.717, 1.165) is 16.4 Å². The van der Waals surface area contributed by atoms with Crippen molar-refractivity contribution in [3.8, 4) is 5.75 Å². The molecule has 0 aliphatic carbocycles. The molecule has 2 aromatic rings. The van der Waals surface area contributed by atoms with Gasteiger partial charge in [-0.2, -0.15) is 0 Å². The van der Waals surface area contributed by atoms with Crippen LogP contribution in [0.4, 0.5) is 4.39 Å². The highest BCUT2D eigenvalue weighted by Crippen LogP contribution is 2.38. The fourth-order valence-corrected chi connectivity index (χ4v) is 3.51. The van der Waals surface area contributed by atoms with Crippen molar-refractivity contribution in [3.05, 3.63) is 59.9 Å². The fourth-order valence-electron chi connectivity index (χ4n) is 2.47. The Kier molecular flexibility index (Phi) is 3.94. The van der Waals surface area contributed by atoms with Gasteiger partial charge in [-0.3, -0.25) is 0 Å². The number of para-hydroxylation sites is 1. The lowest BCUT2D eigenvalue weighted by molar-refractivity contribution is 0.169. The molecule has 2 nitrogen and oxygen atoms in total. The number of nitrogens with one attached hydrogen (secondary N) is 1. The minimum Gasteiger partial charge on any atom is -0.486 e. The lowest BCUT2D eigenvalue weighted by Crippen LogP contribution is -2.37. The Bertz CT molecular complexity index is 605. The van der Waals surface area contributed by atoms with Crippen LogP contribution in [0.5, 0.6) is 5.75 Å². The van der Waals surface area contributed by atoms with Gasteiger partial charge in [-0.1, -0.05) is 30.3 Å². The Morgan fingerprint density at radius 1 is 1.20 bits per heavy atom. The van der Waals surface area contributed by atoms with Gasteiger partial charge in [0.05, 0.1) is 6.04 Å². The number of hydrogen-bond donors (Lipinski definition) is 1. The van der Waals surface area contributed by atoms with Crippen LogP contribution in [0.2, 0.25) is 0 Å². The number of halogens is 1. The largest absolute Gasteiger partial charge is 0.486 e. The summed E-state index contributed by atoms with van der Waals surface area (Å²) >= 11 is 1.75. The van der Waals surface area contributed by atoms with Gasteiger partial charge in [0, 0.05) is 16.2 Å². The molecule has 20 heavy (non-hydrogen) atoms. The standard InChI is InChI=1S/C16H16FNOS/c1-18-16(11-6-2-3-7-12(11)17)14-10-20-15-9-5-4-8-13(15)19-14/h2-9,14,16,18H,10H2,1H3. The Balaban J connectivity index is 1.87. The third-order valence-electron chi connectivity index (χ3n) is 3.45. The third kappa shape index (κ3) is 2.53. The van der Waals surface area contributed by atoms with Crippen molar-refractivity contribution in [2.24, 2.45) is 0 Å². The van der Waals surface area contributed by atoms with E-state index in [1.807, 2.05) is 43.4 Å². The van der Waals surface area contributed by atoms with Crippen LogP contribution in [-0.4, -0.2) is 18.9 Å². The minimum absolute atomic E-state index is 0.0863. The number of benzene rings is 2. The van der Waals surface area contributed by atoms with Crippen LogP contribution in [0.3, 0.4) is 0 Å². The van der Waals surface area contributed by atoms with Crippen molar-refractivity contribution in [1.29, 1.82) is 0 Å². The quantitative estimate of drug-likeness (QED) is 0.932. The van der Waals surface area contributed by atoms with Gasteiger partial charge in [-0.25, -0.2) is 4.39 Å². The average Bonchev–Trinajstić information content (AvgIpc) is 2.50. The molecule has 0 fully saturated rings. The molecule has 0 saturated carbocycles. The summed E-state index contributed by atoms with van der Waals surface area (Å²) in [6.45, 7) is 0. The molecule has 0 amide bonds. The second kappa shape index (κ2) is 5.85. The summed E-state index contributed by atoms with van der Waals surface area (Å²) < 4.78 is 20.0. The maximum Gasteiger partial charge on any atom is 0.133 e. The minimum atomic E-state index is -0.195. The predicted molar refractivity (Wildman–Crippen MR) is 79.8 cm³/mol. The van der Waals surface area contributed by atoms with Crippen LogP contribution >= 0.6 is 11.8 Å². The highest BCUT2D eigenvalue weighted by Gasteiger charge is 2.29. The number of likely N-dealkylation sites (N-methyl/N-ethyl adjacent to an activating group) is 1. The average molecular weight is 289 g/mol. The first kappa shape index (κ1) is 13.5. The van der Waals surface area contributed by atoms with Gasteiger partial charge in [0.25, 0.3) is 0 Å². The maximum atomic E-state index is 14.0. The maximum absolute atomic E-state index is 14.0. The molecule has 1 aliphatic rings. The molecular formula is C16H16FNOS. The lowest BCUT2D eigenvalue weighted by Gasteiger charge is -2.32. The monoisotopic (exact) mass is 289 g/mol. The Labute approximate surface area is 122 Å². The summed E-state index contributed by atoms with van der Waals surface area (Å²) in [4.78, 5) is 1.15.